The van der Waals surface area contributed by atoms with Crippen molar-refractivity contribution in [3.8, 4) is 0 Å². The lowest BCUT2D eigenvalue weighted by Crippen LogP contribution is -2.44. The molecule has 1 aliphatic carbocycles. The Kier molecular flexibility index (Phi) is 4.56. The number of nitrogens with zero attached hydrogens (tertiary/aromatic N) is 7. The average molecular weight is 448 g/mol. The first-order valence-corrected chi connectivity index (χ1v) is 10.8. The van der Waals surface area contributed by atoms with Crippen molar-refractivity contribution in [3.63, 3.8) is 0 Å². The maximum atomic E-state index is 13.1. The van der Waals surface area contributed by atoms with Crippen LogP contribution in [0.3, 0.4) is 0 Å². The molecule has 11 nitrogen and oxygen atoms in total. The maximum Gasteiger partial charge on any atom is 0.340 e. The first-order valence-electron chi connectivity index (χ1n) is 10.8. The van der Waals surface area contributed by atoms with Crippen LogP contribution in [0, 0.1) is 5.95 Å². The monoisotopic (exact) mass is 448 g/mol. The van der Waals surface area contributed by atoms with Crippen LogP contribution in [0.2, 0.25) is 0 Å². The second kappa shape index (κ2) is 7.73. The van der Waals surface area contributed by atoms with Crippen LogP contribution in [-0.2, 0) is 0 Å². The van der Waals surface area contributed by atoms with Gasteiger partial charge in [0.2, 0.25) is 5.95 Å². The van der Waals surface area contributed by atoms with Crippen LogP contribution < -0.4 is 15.6 Å². The van der Waals surface area contributed by atoms with Gasteiger partial charge in [-0.25, -0.2) is 24.3 Å². The Bertz CT molecular complexity index is 1310. The van der Waals surface area contributed by atoms with Gasteiger partial charge >= 0.3 is 6.03 Å². The molecule has 0 spiro atoms. The minimum Gasteiger partial charge on any atom is -0.322 e. The summed E-state index contributed by atoms with van der Waals surface area (Å²) in [5.74, 6) is 1.61. The zero-order valence-electron chi connectivity index (χ0n) is 17.6. The summed E-state index contributed by atoms with van der Waals surface area (Å²) in [6, 6.07) is 8.09. The highest BCUT2D eigenvalue weighted by Crippen LogP contribution is 2.39. The van der Waals surface area contributed by atoms with Gasteiger partial charge in [0.15, 0.2) is 11.6 Å². The molecule has 5 heterocycles. The first-order chi connectivity index (χ1) is 16.1. The number of hydrazine groups is 1. The van der Waals surface area contributed by atoms with Crippen molar-refractivity contribution in [1.82, 2.24) is 34.8 Å². The van der Waals surface area contributed by atoms with Gasteiger partial charge in [0.25, 0.3) is 5.95 Å². The Morgan fingerprint density at radius 3 is 2.94 bits per heavy atom. The molecular weight excluding hydrogens is 427 g/mol. The van der Waals surface area contributed by atoms with E-state index in [9.17, 15) is 9.18 Å². The van der Waals surface area contributed by atoms with Crippen LogP contribution in [0.1, 0.15) is 30.9 Å². The third kappa shape index (κ3) is 3.79. The Balaban J connectivity index is 1.27. The van der Waals surface area contributed by atoms with Crippen LogP contribution in [0.25, 0.3) is 5.52 Å². The molecular formula is C21H21FN10O. The van der Waals surface area contributed by atoms with Crippen LogP contribution in [0.15, 0.2) is 42.7 Å². The van der Waals surface area contributed by atoms with E-state index in [1.807, 2.05) is 24.4 Å². The quantitative estimate of drug-likeness (QED) is 0.401. The molecule has 0 radical (unpaired) electrons. The number of amides is 2. The van der Waals surface area contributed by atoms with Crippen molar-refractivity contribution in [2.75, 3.05) is 28.7 Å². The van der Waals surface area contributed by atoms with Gasteiger partial charge in [-0.05, 0) is 43.5 Å². The zero-order chi connectivity index (χ0) is 22.4. The zero-order valence-corrected chi connectivity index (χ0v) is 17.6. The fourth-order valence-electron chi connectivity index (χ4n) is 3.92. The summed E-state index contributed by atoms with van der Waals surface area (Å²) < 4.78 is 14.8. The molecule has 2 amide bonds. The maximum absolute atomic E-state index is 13.1. The summed E-state index contributed by atoms with van der Waals surface area (Å²) in [5.41, 5.74) is 2.32. The first kappa shape index (κ1) is 19.5. The molecule has 1 aliphatic heterocycles. The van der Waals surface area contributed by atoms with E-state index in [2.05, 4.69) is 30.9 Å². The molecule has 6 rings (SSSR count). The van der Waals surface area contributed by atoms with Crippen LogP contribution >= 0.6 is 0 Å². The lowest BCUT2D eigenvalue weighted by atomic mass is 10.3. The fourth-order valence-corrected chi connectivity index (χ4v) is 3.92. The molecule has 12 heteroatoms. The molecule has 0 bridgehead atoms. The predicted molar refractivity (Wildman–Crippen MR) is 119 cm³/mol. The predicted octanol–water partition coefficient (Wildman–Crippen LogP) is 3.27. The number of halogens is 1. The average Bonchev–Trinajstić information content (AvgIpc) is 3.20. The van der Waals surface area contributed by atoms with Gasteiger partial charge in [0.1, 0.15) is 5.52 Å². The highest BCUT2D eigenvalue weighted by Gasteiger charge is 2.30. The van der Waals surface area contributed by atoms with Gasteiger partial charge < -0.3 is 10.6 Å². The molecule has 4 aromatic rings. The summed E-state index contributed by atoms with van der Waals surface area (Å²) in [6.07, 6.45) is 6.23. The molecule has 3 N–H and O–H groups in total. The molecule has 0 unspecified atom stereocenters. The Morgan fingerprint density at radius 2 is 2.12 bits per heavy atom. The Morgan fingerprint density at radius 1 is 1.21 bits per heavy atom. The molecule has 2 fully saturated rings. The summed E-state index contributed by atoms with van der Waals surface area (Å²) >= 11 is 0. The molecule has 1 saturated carbocycles. The van der Waals surface area contributed by atoms with E-state index >= 15 is 0 Å². The molecule has 2 aliphatic rings. The van der Waals surface area contributed by atoms with E-state index in [0.717, 1.165) is 17.6 Å². The number of H-pyrrole nitrogens is 1. The molecule has 0 atom stereocenters. The largest absolute Gasteiger partial charge is 0.340 e. The van der Waals surface area contributed by atoms with Gasteiger partial charge in [-0.15, -0.1) is 5.10 Å². The molecule has 168 valence electrons. The SMILES string of the molecule is O=C(Nc1ccc(F)nc1)N1CCCN1c1nc(Nc2cc(C3CC3)[nH]n2)c2cccn2n1. The van der Waals surface area contributed by atoms with Crippen molar-refractivity contribution in [2.24, 2.45) is 0 Å². The third-order valence-corrected chi connectivity index (χ3v) is 5.72. The lowest BCUT2D eigenvalue weighted by molar-refractivity contribution is 0.217. The molecule has 1 saturated heterocycles. The number of fused-ring (bicyclic) bond motifs is 1. The number of urea groups is 1. The normalized spacial score (nSPS) is 15.9. The molecule has 0 aromatic carbocycles. The summed E-state index contributed by atoms with van der Waals surface area (Å²) in [6.45, 7) is 1.08. The number of hydrogen-bond donors (Lipinski definition) is 3. The van der Waals surface area contributed by atoms with Crippen molar-refractivity contribution in [2.45, 2.75) is 25.2 Å². The van der Waals surface area contributed by atoms with Crippen LogP contribution in [0.5, 0.6) is 0 Å². The van der Waals surface area contributed by atoms with Gasteiger partial charge in [0.05, 0.1) is 11.9 Å². The second-order valence-electron chi connectivity index (χ2n) is 8.11. The van der Waals surface area contributed by atoms with E-state index < -0.39 is 5.95 Å². The number of anilines is 4. The number of carbonyl (C=O) groups is 1. The summed E-state index contributed by atoms with van der Waals surface area (Å²) in [5, 5.41) is 21.3. The number of carbonyl (C=O) groups excluding carboxylic acids is 1. The van der Waals surface area contributed by atoms with E-state index in [-0.39, 0.29) is 6.03 Å². The molecule has 33 heavy (non-hydrogen) atoms. The minimum absolute atomic E-state index is 0.368. The fraction of sp³-hybridized carbons (Fsp3) is 0.286. The van der Waals surface area contributed by atoms with Crippen LogP contribution in [-0.4, -0.2) is 53.9 Å². The highest BCUT2D eigenvalue weighted by molar-refractivity contribution is 5.90. The Labute approximate surface area is 187 Å². The van der Waals surface area contributed by atoms with Gasteiger partial charge in [-0.2, -0.15) is 14.5 Å². The number of aromatic amines is 1. The second-order valence-corrected chi connectivity index (χ2v) is 8.11. The number of rotatable bonds is 5. The van der Waals surface area contributed by atoms with Crippen molar-refractivity contribution in [3.05, 3.63) is 54.4 Å². The van der Waals surface area contributed by atoms with E-state index in [0.29, 0.717) is 42.3 Å². The highest BCUT2D eigenvalue weighted by atomic mass is 19.1. The van der Waals surface area contributed by atoms with Gasteiger partial charge in [-0.1, -0.05) is 0 Å². The van der Waals surface area contributed by atoms with Gasteiger partial charge in [0, 0.05) is 37.0 Å². The number of nitrogens with one attached hydrogen (secondary N) is 3. The number of aromatic nitrogens is 6. The number of hydrogen-bond acceptors (Lipinski definition) is 7. The molecule has 4 aromatic heterocycles. The van der Waals surface area contributed by atoms with Crippen molar-refractivity contribution >= 4 is 34.8 Å². The summed E-state index contributed by atoms with van der Waals surface area (Å²) in [4.78, 5) is 21.2. The van der Waals surface area contributed by atoms with Crippen molar-refractivity contribution < 1.29 is 9.18 Å². The summed E-state index contributed by atoms with van der Waals surface area (Å²) in [7, 11) is 0. The lowest BCUT2D eigenvalue weighted by Gasteiger charge is -2.28. The smallest absolute Gasteiger partial charge is 0.322 e. The topological polar surface area (TPSA) is 119 Å². The van der Waals surface area contributed by atoms with Gasteiger partial charge in [-0.3, -0.25) is 5.10 Å². The number of pyridine rings is 1. The minimum atomic E-state index is -0.606. The standard InChI is InChI=1S/C21H21FN10O/c22-17-7-6-14(12-23-17)24-21(33)32-10-2-9-31(32)20-26-19(16-3-1-8-30(16)29-20)25-18-11-15(27-28-18)13-4-5-13/h1,3,6-8,11-13H,2,4-5,9-10H2,(H,24,33)(H2,25,26,27,28,29). The van der Waals surface area contributed by atoms with Crippen molar-refractivity contribution in [1.29, 1.82) is 0 Å². The van der Waals surface area contributed by atoms with Crippen LogP contribution in [0.4, 0.5) is 32.5 Å². The van der Waals surface area contributed by atoms with E-state index in [1.165, 1.54) is 36.2 Å². The van der Waals surface area contributed by atoms with E-state index in [4.69, 9.17) is 4.98 Å². The van der Waals surface area contributed by atoms with E-state index in [1.54, 1.807) is 9.52 Å². The Hall–Kier alpha value is -4.22. The third-order valence-electron chi connectivity index (χ3n) is 5.72.